The second-order valence-electron chi connectivity index (χ2n) is 6.94. The van der Waals surface area contributed by atoms with E-state index in [0.717, 1.165) is 59.3 Å². The highest BCUT2D eigenvalue weighted by Gasteiger charge is 2.17. The van der Waals surface area contributed by atoms with Gasteiger partial charge >= 0.3 is 5.97 Å². The molecule has 2 heterocycles. The van der Waals surface area contributed by atoms with Crippen molar-refractivity contribution in [1.29, 1.82) is 0 Å². The molecule has 0 aliphatic heterocycles. The summed E-state index contributed by atoms with van der Waals surface area (Å²) >= 11 is 0. The molecular formula is C23H27FN2O2. The number of fused-ring (bicyclic) bond motifs is 1. The summed E-state index contributed by atoms with van der Waals surface area (Å²) < 4.78 is 20.9. The quantitative estimate of drug-likeness (QED) is 0.393. The fraction of sp³-hybridized carbons (Fsp3) is 0.391. The molecule has 148 valence electrons. The number of rotatable bonds is 8. The number of hydrogen-bond acceptors (Lipinski definition) is 3. The van der Waals surface area contributed by atoms with Crippen LogP contribution in [0.5, 0.6) is 0 Å². The van der Waals surface area contributed by atoms with Gasteiger partial charge in [-0.05, 0) is 74.9 Å². The molecule has 3 rings (SSSR count). The number of aromatic nitrogens is 2. The Bertz CT molecular complexity index is 978. The van der Waals surface area contributed by atoms with E-state index in [1.165, 1.54) is 6.07 Å². The van der Waals surface area contributed by atoms with E-state index < -0.39 is 0 Å². The summed E-state index contributed by atoms with van der Waals surface area (Å²) in [6, 6.07) is 10.9. The molecule has 0 spiro atoms. The molecule has 0 atom stereocenters. The summed E-state index contributed by atoms with van der Waals surface area (Å²) in [5.41, 5.74) is 6.06. The molecule has 0 saturated carbocycles. The minimum Gasteiger partial charge on any atom is -0.466 e. The number of nitrogens with zero attached hydrogens (tertiary/aromatic N) is 2. The Morgan fingerprint density at radius 1 is 1.18 bits per heavy atom. The summed E-state index contributed by atoms with van der Waals surface area (Å²) in [7, 11) is 0. The van der Waals surface area contributed by atoms with E-state index >= 15 is 0 Å². The van der Waals surface area contributed by atoms with Crippen molar-refractivity contribution in [1.82, 2.24) is 9.61 Å². The lowest BCUT2D eigenvalue weighted by Crippen LogP contribution is -2.07. The standard InChI is InChI=1S/C23H27FN2O2/c1-4-19-13-14-21-23(17-9-8-10-18(24)15-17)20(16(3)25-26(19)21)11-6-7-12-22(27)28-5-2/h8-10,13-15H,4-7,11-12H2,1-3H3. The largest absolute Gasteiger partial charge is 0.466 e. The van der Waals surface area contributed by atoms with Gasteiger partial charge in [0.05, 0.1) is 17.8 Å². The van der Waals surface area contributed by atoms with Gasteiger partial charge < -0.3 is 4.74 Å². The van der Waals surface area contributed by atoms with Gasteiger partial charge in [0.2, 0.25) is 0 Å². The van der Waals surface area contributed by atoms with Crippen LogP contribution in [-0.2, 0) is 22.4 Å². The molecule has 0 saturated heterocycles. The smallest absolute Gasteiger partial charge is 0.305 e. The zero-order valence-corrected chi connectivity index (χ0v) is 16.8. The summed E-state index contributed by atoms with van der Waals surface area (Å²) in [5, 5.41) is 4.79. The highest BCUT2D eigenvalue weighted by molar-refractivity contribution is 5.84. The van der Waals surface area contributed by atoms with E-state index in [9.17, 15) is 9.18 Å². The van der Waals surface area contributed by atoms with Gasteiger partial charge in [-0.25, -0.2) is 8.91 Å². The molecule has 0 bridgehead atoms. The first-order chi connectivity index (χ1) is 13.5. The summed E-state index contributed by atoms with van der Waals surface area (Å²) in [4.78, 5) is 11.6. The van der Waals surface area contributed by atoms with Gasteiger partial charge in [0.15, 0.2) is 0 Å². The molecule has 0 aliphatic rings. The van der Waals surface area contributed by atoms with Gasteiger partial charge in [0.25, 0.3) is 0 Å². The lowest BCUT2D eigenvalue weighted by atomic mass is 9.94. The second kappa shape index (κ2) is 9.00. The van der Waals surface area contributed by atoms with Crippen molar-refractivity contribution in [2.24, 2.45) is 0 Å². The van der Waals surface area contributed by atoms with Crippen molar-refractivity contribution in [2.75, 3.05) is 6.61 Å². The Morgan fingerprint density at radius 3 is 2.71 bits per heavy atom. The van der Waals surface area contributed by atoms with Crippen molar-refractivity contribution < 1.29 is 13.9 Å². The number of benzene rings is 1. The van der Waals surface area contributed by atoms with Crippen LogP contribution in [0.4, 0.5) is 4.39 Å². The maximum Gasteiger partial charge on any atom is 0.305 e. The van der Waals surface area contributed by atoms with Crippen molar-refractivity contribution in [3.05, 3.63) is 59.2 Å². The lowest BCUT2D eigenvalue weighted by Gasteiger charge is -2.16. The first-order valence-electron chi connectivity index (χ1n) is 9.96. The average molecular weight is 382 g/mol. The van der Waals surface area contributed by atoms with Gasteiger partial charge in [0.1, 0.15) is 5.82 Å². The zero-order valence-electron chi connectivity index (χ0n) is 16.8. The van der Waals surface area contributed by atoms with E-state index in [1.807, 2.05) is 24.4 Å². The highest BCUT2D eigenvalue weighted by atomic mass is 19.1. The first-order valence-corrected chi connectivity index (χ1v) is 9.96. The molecule has 0 radical (unpaired) electrons. The second-order valence-corrected chi connectivity index (χ2v) is 6.94. The normalized spacial score (nSPS) is 11.1. The van der Waals surface area contributed by atoms with E-state index in [0.29, 0.717) is 13.0 Å². The number of carbonyl (C=O) groups excluding carboxylic acids is 1. The SMILES string of the molecule is CCOC(=O)CCCCc1c(C)nn2c(CC)ccc2c1-c1cccc(F)c1. The Morgan fingerprint density at radius 2 is 2.00 bits per heavy atom. The van der Waals surface area contributed by atoms with Crippen LogP contribution in [0.1, 0.15) is 50.1 Å². The highest BCUT2D eigenvalue weighted by Crippen LogP contribution is 2.32. The van der Waals surface area contributed by atoms with Crippen LogP contribution < -0.4 is 0 Å². The monoisotopic (exact) mass is 382 g/mol. The molecule has 0 aliphatic carbocycles. The number of ether oxygens (including phenoxy) is 1. The van der Waals surface area contributed by atoms with Crippen molar-refractivity contribution in [3.8, 4) is 11.1 Å². The fourth-order valence-electron chi connectivity index (χ4n) is 3.67. The van der Waals surface area contributed by atoms with Crippen molar-refractivity contribution in [3.63, 3.8) is 0 Å². The maximum atomic E-state index is 14.0. The zero-order chi connectivity index (χ0) is 20.1. The molecule has 2 aromatic heterocycles. The molecule has 0 amide bonds. The minimum atomic E-state index is -0.249. The number of halogens is 1. The Labute approximate surface area is 165 Å². The van der Waals surface area contributed by atoms with Crippen LogP contribution in [0, 0.1) is 12.7 Å². The average Bonchev–Trinajstić information content (AvgIpc) is 3.07. The first kappa shape index (κ1) is 20.1. The molecule has 0 N–H and O–H groups in total. The van der Waals surface area contributed by atoms with Gasteiger partial charge in [-0.2, -0.15) is 5.10 Å². The predicted molar refractivity (Wildman–Crippen MR) is 109 cm³/mol. The third-order valence-corrected chi connectivity index (χ3v) is 5.02. The number of aryl methyl sites for hydroxylation is 2. The van der Waals surface area contributed by atoms with Gasteiger partial charge in [-0.1, -0.05) is 19.1 Å². The minimum absolute atomic E-state index is 0.155. The van der Waals surface area contributed by atoms with E-state index in [2.05, 4.69) is 19.1 Å². The molecule has 5 heteroatoms. The molecule has 4 nitrogen and oxygen atoms in total. The summed E-state index contributed by atoms with van der Waals surface area (Å²) in [5.74, 6) is -0.405. The number of carbonyl (C=O) groups is 1. The van der Waals surface area contributed by atoms with Crippen molar-refractivity contribution in [2.45, 2.75) is 52.9 Å². The molecule has 0 fully saturated rings. The van der Waals surface area contributed by atoms with Gasteiger partial charge in [0, 0.05) is 17.7 Å². The van der Waals surface area contributed by atoms with E-state index in [4.69, 9.17) is 9.84 Å². The Hall–Kier alpha value is -2.69. The van der Waals surface area contributed by atoms with Crippen LogP contribution >= 0.6 is 0 Å². The summed E-state index contributed by atoms with van der Waals surface area (Å²) in [6.07, 6.45) is 3.69. The molecule has 0 unspecified atom stereocenters. The van der Waals surface area contributed by atoms with Crippen LogP contribution in [0.2, 0.25) is 0 Å². The van der Waals surface area contributed by atoms with Crippen LogP contribution in [-0.4, -0.2) is 22.2 Å². The third kappa shape index (κ3) is 4.24. The van der Waals surface area contributed by atoms with E-state index in [1.54, 1.807) is 12.1 Å². The number of hydrogen-bond donors (Lipinski definition) is 0. The van der Waals surface area contributed by atoms with Gasteiger partial charge in [-0.3, -0.25) is 4.79 Å². The number of esters is 1. The number of unbranched alkanes of at least 4 members (excludes halogenated alkanes) is 1. The topological polar surface area (TPSA) is 43.6 Å². The molecular weight excluding hydrogens is 355 g/mol. The molecule has 3 aromatic rings. The van der Waals surface area contributed by atoms with E-state index in [-0.39, 0.29) is 11.8 Å². The lowest BCUT2D eigenvalue weighted by molar-refractivity contribution is -0.143. The summed E-state index contributed by atoms with van der Waals surface area (Å²) in [6.45, 7) is 6.33. The van der Waals surface area contributed by atoms with Gasteiger partial charge in [-0.15, -0.1) is 0 Å². The maximum absolute atomic E-state index is 14.0. The van der Waals surface area contributed by atoms with Crippen LogP contribution in [0.15, 0.2) is 36.4 Å². The van der Waals surface area contributed by atoms with Crippen LogP contribution in [0.25, 0.3) is 16.6 Å². The van der Waals surface area contributed by atoms with Crippen molar-refractivity contribution >= 4 is 11.5 Å². The molecule has 28 heavy (non-hydrogen) atoms. The fourth-order valence-corrected chi connectivity index (χ4v) is 3.67. The Balaban J connectivity index is 1.97. The predicted octanol–water partition coefficient (Wildman–Crippen LogP) is 5.29. The Kier molecular flexibility index (Phi) is 6.45. The van der Waals surface area contributed by atoms with Crippen LogP contribution in [0.3, 0.4) is 0 Å². The molecule has 1 aromatic carbocycles. The third-order valence-electron chi connectivity index (χ3n) is 5.02.